The number of rotatable bonds is 1. The number of fused-ring (bicyclic) bond motifs is 1. The number of nitrogens with two attached hydrogens (primary N) is 1. The summed E-state index contributed by atoms with van der Waals surface area (Å²) >= 11 is 0. The number of hydrogen-bond donors (Lipinski definition) is 1. The van der Waals surface area contributed by atoms with Gasteiger partial charge in [-0.3, -0.25) is 0 Å². The molecule has 0 radical (unpaired) electrons. The number of aromatic nitrogens is 2. The highest BCUT2D eigenvalue weighted by Gasteiger charge is 2.27. The number of nitrogen functional groups attached to an aromatic ring is 1. The summed E-state index contributed by atoms with van der Waals surface area (Å²) < 4.78 is 2.23. The van der Waals surface area contributed by atoms with Gasteiger partial charge in [0.05, 0.1) is 0 Å². The third-order valence-electron chi connectivity index (χ3n) is 4.37. The quantitative estimate of drug-likeness (QED) is 0.853. The molecule has 0 fully saturated rings. The monoisotopic (exact) mass is 269 g/mol. The lowest BCUT2D eigenvalue weighted by molar-refractivity contribution is 0.346. The second kappa shape index (κ2) is 4.65. The molecule has 2 N–H and O–H groups in total. The fourth-order valence-corrected chi connectivity index (χ4v) is 3.49. The summed E-state index contributed by atoms with van der Waals surface area (Å²) in [4.78, 5) is 4.85. The molecule has 2 unspecified atom stereocenters. The van der Waals surface area contributed by atoms with Crippen LogP contribution in [0.4, 0.5) is 5.82 Å². The van der Waals surface area contributed by atoms with Crippen LogP contribution in [0, 0.1) is 19.8 Å². The summed E-state index contributed by atoms with van der Waals surface area (Å²) in [7, 11) is 0. The van der Waals surface area contributed by atoms with Gasteiger partial charge in [-0.15, -0.1) is 0 Å². The molecular formula is C17H23N3. The van der Waals surface area contributed by atoms with Gasteiger partial charge in [-0.25, -0.2) is 4.98 Å². The van der Waals surface area contributed by atoms with E-state index in [0.717, 1.165) is 29.3 Å². The first-order valence-corrected chi connectivity index (χ1v) is 7.41. The molecule has 2 aromatic rings. The zero-order valence-corrected chi connectivity index (χ0v) is 12.8. The molecule has 0 spiro atoms. The maximum atomic E-state index is 6.40. The number of imidazole rings is 1. The molecular weight excluding hydrogens is 246 g/mol. The Morgan fingerprint density at radius 3 is 2.70 bits per heavy atom. The average molecular weight is 269 g/mol. The topological polar surface area (TPSA) is 43.8 Å². The zero-order valence-electron chi connectivity index (χ0n) is 12.8. The van der Waals surface area contributed by atoms with Gasteiger partial charge in [-0.2, -0.15) is 0 Å². The fourth-order valence-electron chi connectivity index (χ4n) is 3.49. The van der Waals surface area contributed by atoms with Crippen molar-refractivity contribution in [3.05, 3.63) is 35.2 Å². The largest absolute Gasteiger partial charge is 0.383 e. The maximum Gasteiger partial charge on any atom is 0.131 e. The molecule has 0 bridgehead atoms. The molecule has 0 aliphatic carbocycles. The Morgan fingerprint density at radius 2 is 2.00 bits per heavy atom. The molecule has 1 aromatic carbocycles. The molecule has 2 atom stereocenters. The van der Waals surface area contributed by atoms with Gasteiger partial charge in [0, 0.05) is 18.0 Å². The van der Waals surface area contributed by atoms with Crippen molar-refractivity contribution >= 4 is 5.82 Å². The van der Waals surface area contributed by atoms with Crippen molar-refractivity contribution in [3.63, 3.8) is 0 Å². The lowest BCUT2D eigenvalue weighted by Gasteiger charge is -2.27. The van der Waals surface area contributed by atoms with E-state index >= 15 is 0 Å². The summed E-state index contributed by atoms with van der Waals surface area (Å²) in [5.41, 5.74) is 11.0. The Labute approximate surface area is 120 Å². The lowest BCUT2D eigenvalue weighted by atomic mass is 9.95. The van der Waals surface area contributed by atoms with E-state index in [0.29, 0.717) is 12.0 Å². The van der Waals surface area contributed by atoms with Gasteiger partial charge in [-0.05, 0) is 38.7 Å². The second-order valence-corrected chi connectivity index (χ2v) is 6.34. The van der Waals surface area contributed by atoms with Crippen molar-refractivity contribution in [1.29, 1.82) is 0 Å². The van der Waals surface area contributed by atoms with Crippen molar-refractivity contribution in [3.8, 4) is 11.3 Å². The van der Waals surface area contributed by atoms with E-state index in [-0.39, 0.29) is 0 Å². The van der Waals surface area contributed by atoms with Gasteiger partial charge in [-0.1, -0.05) is 30.7 Å². The van der Waals surface area contributed by atoms with E-state index in [9.17, 15) is 0 Å². The third-order valence-corrected chi connectivity index (χ3v) is 4.37. The standard InChI is InChI=1S/C17H23N3/c1-10-5-6-14(12(3)7-10)16-17(18)20-13(4)8-11(2)9-15(20)19-16/h5-7,11,13H,8-9,18H2,1-4H3. The zero-order chi connectivity index (χ0) is 14.4. The predicted molar refractivity (Wildman–Crippen MR) is 83.7 cm³/mol. The molecule has 0 amide bonds. The molecule has 1 aliphatic heterocycles. The van der Waals surface area contributed by atoms with Gasteiger partial charge in [0.25, 0.3) is 0 Å². The van der Waals surface area contributed by atoms with Gasteiger partial charge in [0.15, 0.2) is 0 Å². The Balaban J connectivity index is 2.14. The highest BCUT2D eigenvalue weighted by Crippen LogP contribution is 2.37. The summed E-state index contributed by atoms with van der Waals surface area (Å²) in [6, 6.07) is 6.91. The van der Waals surface area contributed by atoms with Crippen molar-refractivity contribution < 1.29 is 0 Å². The predicted octanol–water partition coefficient (Wildman–Crippen LogP) is 3.89. The van der Waals surface area contributed by atoms with Gasteiger partial charge < -0.3 is 10.3 Å². The molecule has 1 aliphatic rings. The molecule has 3 heteroatoms. The van der Waals surface area contributed by atoms with E-state index in [1.165, 1.54) is 17.5 Å². The van der Waals surface area contributed by atoms with E-state index in [2.05, 4.69) is 50.5 Å². The Morgan fingerprint density at radius 1 is 1.25 bits per heavy atom. The van der Waals surface area contributed by atoms with E-state index in [1.807, 2.05) is 0 Å². The highest BCUT2D eigenvalue weighted by atomic mass is 15.2. The fraction of sp³-hybridized carbons (Fsp3) is 0.471. The number of aryl methyl sites for hydroxylation is 2. The Bertz CT molecular complexity index is 654. The molecule has 0 saturated heterocycles. The van der Waals surface area contributed by atoms with Crippen molar-refractivity contribution in [2.75, 3.05) is 5.73 Å². The highest BCUT2D eigenvalue weighted by molar-refractivity contribution is 5.74. The van der Waals surface area contributed by atoms with Gasteiger partial charge >= 0.3 is 0 Å². The van der Waals surface area contributed by atoms with E-state index < -0.39 is 0 Å². The van der Waals surface area contributed by atoms with E-state index in [4.69, 9.17) is 10.7 Å². The lowest BCUT2D eigenvalue weighted by Crippen LogP contribution is -2.22. The van der Waals surface area contributed by atoms with Crippen molar-refractivity contribution in [2.45, 2.75) is 46.6 Å². The average Bonchev–Trinajstić information content (AvgIpc) is 2.66. The second-order valence-electron chi connectivity index (χ2n) is 6.34. The first-order chi connectivity index (χ1) is 9.47. The third kappa shape index (κ3) is 2.01. The summed E-state index contributed by atoms with van der Waals surface area (Å²) in [6.45, 7) is 8.78. The van der Waals surface area contributed by atoms with Crippen LogP contribution in [0.3, 0.4) is 0 Å². The molecule has 2 heterocycles. The van der Waals surface area contributed by atoms with Crippen LogP contribution in [0.15, 0.2) is 18.2 Å². The first-order valence-electron chi connectivity index (χ1n) is 7.41. The summed E-state index contributed by atoms with van der Waals surface area (Å²) in [5.74, 6) is 2.65. The normalized spacial score (nSPS) is 21.8. The first kappa shape index (κ1) is 13.2. The van der Waals surface area contributed by atoms with Gasteiger partial charge in [0.1, 0.15) is 17.3 Å². The molecule has 0 saturated carbocycles. The minimum atomic E-state index is 0.445. The van der Waals surface area contributed by atoms with E-state index in [1.54, 1.807) is 0 Å². The molecule has 106 valence electrons. The van der Waals surface area contributed by atoms with Crippen LogP contribution < -0.4 is 5.73 Å². The van der Waals surface area contributed by atoms with Crippen LogP contribution in [-0.4, -0.2) is 9.55 Å². The number of hydrogen-bond acceptors (Lipinski definition) is 2. The van der Waals surface area contributed by atoms with Crippen LogP contribution in [0.1, 0.15) is 43.3 Å². The van der Waals surface area contributed by atoms with Crippen molar-refractivity contribution in [2.24, 2.45) is 5.92 Å². The minimum Gasteiger partial charge on any atom is -0.383 e. The number of benzene rings is 1. The molecule has 20 heavy (non-hydrogen) atoms. The number of anilines is 1. The van der Waals surface area contributed by atoms with Crippen LogP contribution in [0.25, 0.3) is 11.3 Å². The van der Waals surface area contributed by atoms with Crippen LogP contribution in [0.2, 0.25) is 0 Å². The molecule has 3 rings (SSSR count). The Kier molecular flexibility index (Phi) is 3.08. The minimum absolute atomic E-state index is 0.445. The maximum absolute atomic E-state index is 6.40. The van der Waals surface area contributed by atoms with Crippen LogP contribution in [0.5, 0.6) is 0 Å². The summed E-state index contributed by atoms with van der Waals surface area (Å²) in [5, 5.41) is 0. The molecule has 1 aromatic heterocycles. The van der Waals surface area contributed by atoms with Crippen LogP contribution >= 0.6 is 0 Å². The Hall–Kier alpha value is -1.77. The SMILES string of the molecule is Cc1ccc(-c2nc3n(c2N)C(C)CC(C)C3)c(C)c1. The van der Waals surface area contributed by atoms with Crippen molar-refractivity contribution in [1.82, 2.24) is 9.55 Å². The smallest absolute Gasteiger partial charge is 0.131 e. The van der Waals surface area contributed by atoms with Crippen LogP contribution in [-0.2, 0) is 6.42 Å². The summed E-state index contributed by atoms with van der Waals surface area (Å²) in [6.07, 6.45) is 2.21. The molecule has 3 nitrogen and oxygen atoms in total. The van der Waals surface area contributed by atoms with Gasteiger partial charge in [0.2, 0.25) is 0 Å². The number of nitrogens with zero attached hydrogens (tertiary/aromatic N) is 2.